The molecular weight excluding hydrogens is 250 g/mol. The molecule has 0 saturated carbocycles. The Morgan fingerprint density at radius 1 is 1.67 bits per heavy atom. The maximum Gasteiger partial charge on any atom is 0.263 e. The third kappa shape index (κ3) is 3.68. The van der Waals surface area contributed by atoms with Crippen LogP contribution in [0.1, 0.15) is 36.9 Å². The van der Waals surface area contributed by atoms with E-state index in [1.165, 1.54) is 17.5 Å². The van der Waals surface area contributed by atoms with Crippen LogP contribution in [0, 0.1) is 5.92 Å². The molecule has 0 aromatic carbocycles. The number of nitrogens with zero attached hydrogens (tertiary/aromatic N) is 1. The van der Waals surface area contributed by atoms with Crippen LogP contribution in [0.15, 0.2) is 6.20 Å². The van der Waals surface area contributed by atoms with Crippen molar-refractivity contribution in [1.82, 2.24) is 10.3 Å². The zero-order valence-corrected chi connectivity index (χ0v) is 12.1. The maximum absolute atomic E-state index is 11.9. The molecule has 0 bridgehead atoms. The quantitative estimate of drug-likeness (QED) is 0.736. The first-order valence-corrected chi connectivity index (χ1v) is 6.86. The highest BCUT2D eigenvalue weighted by molar-refractivity contribution is 7.17. The highest BCUT2D eigenvalue weighted by Crippen LogP contribution is 2.20. The Kier molecular flexibility index (Phi) is 5.10. The van der Waals surface area contributed by atoms with Gasteiger partial charge >= 0.3 is 0 Å². The van der Waals surface area contributed by atoms with Crippen molar-refractivity contribution in [3.8, 4) is 0 Å². The summed E-state index contributed by atoms with van der Waals surface area (Å²) in [5.41, 5.74) is -0.888. The van der Waals surface area contributed by atoms with Crippen molar-refractivity contribution in [2.45, 2.75) is 32.8 Å². The molecular formula is C12H21N3O2S. The van der Waals surface area contributed by atoms with Gasteiger partial charge in [0, 0.05) is 13.6 Å². The molecule has 2 atom stereocenters. The lowest BCUT2D eigenvalue weighted by Crippen LogP contribution is -2.44. The van der Waals surface area contributed by atoms with E-state index in [0.717, 1.165) is 6.42 Å². The lowest BCUT2D eigenvalue weighted by atomic mass is 9.89. The van der Waals surface area contributed by atoms with E-state index in [9.17, 15) is 9.90 Å². The van der Waals surface area contributed by atoms with E-state index in [4.69, 9.17) is 0 Å². The van der Waals surface area contributed by atoms with Crippen LogP contribution in [0.3, 0.4) is 0 Å². The van der Waals surface area contributed by atoms with Gasteiger partial charge in [0.05, 0.1) is 11.8 Å². The fourth-order valence-electron chi connectivity index (χ4n) is 1.45. The van der Waals surface area contributed by atoms with Crippen molar-refractivity contribution >= 4 is 22.4 Å². The van der Waals surface area contributed by atoms with Gasteiger partial charge in [-0.25, -0.2) is 4.98 Å². The minimum absolute atomic E-state index is 0.132. The highest BCUT2D eigenvalue weighted by atomic mass is 32.1. The van der Waals surface area contributed by atoms with Crippen molar-refractivity contribution in [1.29, 1.82) is 0 Å². The van der Waals surface area contributed by atoms with E-state index >= 15 is 0 Å². The number of hydrogen-bond acceptors (Lipinski definition) is 5. The molecule has 1 aromatic rings. The summed E-state index contributed by atoms with van der Waals surface area (Å²) in [4.78, 5) is 16.4. The van der Waals surface area contributed by atoms with Crippen LogP contribution in [0.5, 0.6) is 0 Å². The molecule has 1 amide bonds. The van der Waals surface area contributed by atoms with Gasteiger partial charge in [-0.3, -0.25) is 4.79 Å². The molecule has 0 radical (unpaired) electrons. The lowest BCUT2D eigenvalue weighted by molar-refractivity contribution is 0.00596. The lowest BCUT2D eigenvalue weighted by Gasteiger charge is -2.29. The van der Waals surface area contributed by atoms with Crippen LogP contribution < -0.4 is 10.6 Å². The highest BCUT2D eigenvalue weighted by Gasteiger charge is 2.27. The zero-order valence-electron chi connectivity index (χ0n) is 11.3. The predicted molar refractivity (Wildman–Crippen MR) is 74.1 cm³/mol. The van der Waals surface area contributed by atoms with Crippen LogP contribution in [0.4, 0.5) is 5.13 Å². The van der Waals surface area contributed by atoms with E-state index < -0.39 is 5.60 Å². The van der Waals surface area contributed by atoms with E-state index in [1.807, 2.05) is 13.8 Å². The molecule has 1 heterocycles. The maximum atomic E-state index is 11.9. The SMILES string of the molecule is CCC(C)C(C)(O)CNC(=O)c1cnc(NC)s1. The van der Waals surface area contributed by atoms with Crippen molar-refractivity contribution in [2.24, 2.45) is 5.92 Å². The number of nitrogens with one attached hydrogen (secondary N) is 2. The second-order valence-corrected chi connectivity index (χ2v) is 5.66. The third-order valence-electron chi connectivity index (χ3n) is 3.22. The largest absolute Gasteiger partial charge is 0.388 e. The summed E-state index contributed by atoms with van der Waals surface area (Å²) >= 11 is 1.29. The van der Waals surface area contributed by atoms with Gasteiger partial charge in [-0.15, -0.1) is 0 Å². The Morgan fingerprint density at radius 2 is 2.33 bits per heavy atom. The second kappa shape index (κ2) is 6.15. The zero-order chi connectivity index (χ0) is 13.8. The smallest absolute Gasteiger partial charge is 0.263 e. The second-order valence-electron chi connectivity index (χ2n) is 4.63. The summed E-state index contributed by atoms with van der Waals surface area (Å²) in [5.74, 6) is -0.0651. The average Bonchev–Trinajstić information content (AvgIpc) is 2.83. The van der Waals surface area contributed by atoms with Gasteiger partial charge in [0.25, 0.3) is 5.91 Å². The monoisotopic (exact) mass is 271 g/mol. The Balaban J connectivity index is 2.55. The van der Waals surface area contributed by atoms with Gasteiger partial charge in [0.1, 0.15) is 4.88 Å². The number of rotatable bonds is 6. The summed E-state index contributed by atoms with van der Waals surface area (Å²) < 4.78 is 0. The number of carbonyl (C=O) groups excluding carboxylic acids is 1. The summed E-state index contributed by atoms with van der Waals surface area (Å²) in [7, 11) is 1.76. The van der Waals surface area contributed by atoms with Crippen LogP contribution in [-0.4, -0.2) is 35.2 Å². The van der Waals surface area contributed by atoms with Crippen LogP contribution in [0.25, 0.3) is 0 Å². The van der Waals surface area contributed by atoms with Crippen molar-refractivity contribution in [3.63, 3.8) is 0 Å². The number of anilines is 1. The fraction of sp³-hybridized carbons (Fsp3) is 0.667. The normalized spacial score (nSPS) is 15.8. The predicted octanol–water partition coefficient (Wildman–Crippen LogP) is 1.71. The van der Waals surface area contributed by atoms with Crippen molar-refractivity contribution in [3.05, 3.63) is 11.1 Å². The molecule has 0 aliphatic carbocycles. The molecule has 1 aromatic heterocycles. The molecule has 0 fully saturated rings. The molecule has 18 heavy (non-hydrogen) atoms. The number of carbonyl (C=O) groups is 1. The number of aromatic nitrogens is 1. The topological polar surface area (TPSA) is 74.2 Å². The first-order valence-electron chi connectivity index (χ1n) is 6.04. The van der Waals surface area contributed by atoms with Crippen molar-refractivity contribution in [2.75, 3.05) is 18.9 Å². The average molecular weight is 271 g/mol. The van der Waals surface area contributed by atoms with E-state index in [-0.39, 0.29) is 18.4 Å². The first-order chi connectivity index (χ1) is 8.40. The summed E-state index contributed by atoms with van der Waals surface area (Å²) in [5, 5.41) is 16.5. The number of amides is 1. The van der Waals surface area contributed by atoms with E-state index in [0.29, 0.717) is 10.0 Å². The number of hydrogen-bond donors (Lipinski definition) is 3. The Bertz CT molecular complexity index is 404. The molecule has 2 unspecified atom stereocenters. The standard InChI is InChI=1S/C12H21N3O2S/c1-5-8(2)12(3,17)7-15-10(16)9-6-14-11(13-4)18-9/h6,8,17H,5,7H2,1-4H3,(H,13,14)(H,15,16). The molecule has 5 nitrogen and oxygen atoms in total. The molecule has 1 rings (SSSR count). The van der Waals surface area contributed by atoms with Gasteiger partial charge in [-0.2, -0.15) is 0 Å². The summed E-state index contributed by atoms with van der Waals surface area (Å²) in [6, 6.07) is 0. The summed E-state index contributed by atoms with van der Waals surface area (Å²) in [6.07, 6.45) is 2.40. The fourth-order valence-corrected chi connectivity index (χ4v) is 2.14. The first kappa shape index (κ1) is 14.9. The third-order valence-corrected chi connectivity index (χ3v) is 4.24. The Morgan fingerprint density at radius 3 is 2.83 bits per heavy atom. The molecule has 102 valence electrons. The Hall–Kier alpha value is -1.14. The van der Waals surface area contributed by atoms with Crippen LogP contribution in [-0.2, 0) is 0 Å². The number of aliphatic hydroxyl groups is 1. The van der Waals surface area contributed by atoms with E-state index in [1.54, 1.807) is 14.0 Å². The summed E-state index contributed by atoms with van der Waals surface area (Å²) in [6.45, 7) is 5.97. The van der Waals surface area contributed by atoms with Gasteiger partial charge in [0.2, 0.25) is 0 Å². The van der Waals surface area contributed by atoms with Gasteiger partial charge in [0.15, 0.2) is 5.13 Å². The minimum atomic E-state index is -0.888. The molecule has 0 saturated heterocycles. The van der Waals surface area contributed by atoms with Gasteiger partial charge in [-0.1, -0.05) is 31.6 Å². The molecule has 0 aliphatic heterocycles. The van der Waals surface area contributed by atoms with Gasteiger partial charge < -0.3 is 15.7 Å². The van der Waals surface area contributed by atoms with Crippen LogP contribution >= 0.6 is 11.3 Å². The molecule has 6 heteroatoms. The number of thiazole rings is 1. The van der Waals surface area contributed by atoms with Crippen molar-refractivity contribution < 1.29 is 9.90 Å². The van der Waals surface area contributed by atoms with Gasteiger partial charge in [-0.05, 0) is 12.8 Å². The Labute approximate surface area is 112 Å². The van der Waals surface area contributed by atoms with Crippen LogP contribution in [0.2, 0.25) is 0 Å². The molecule has 3 N–H and O–H groups in total. The minimum Gasteiger partial charge on any atom is -0.388 e. The van der Waals surface area contributed by atoms with E-state index in [2.05, 4.69) is 15.6 Å². The molecule has 0 aliphatic rings. The molecule has 0 spiro atoms.